The van der Waals surface area contributed by atoms with E-state index in [4.69, 9.17) is 4.42 Å². The summed E-state index contributed by atoms with van der Waals surface area (Å²) in [6.07, 6.45) is 4.26. The van der Waals surface area contributed by atoms with Gasteiger partial charge in [-0.2, -0.15) is 0 Å². The van der Waals surface area contributed by atoms with Crippen molar-refractivity contribution in [1.82, 2.24) is 19.6 Å². The number of nitrogens with one attached hydrogen (secondary N) is 2. The smallest absolute Gasteiger partial charge is 0.275 e. The molecule has 0 spiro atoms. The molecule has 20 heavy (non-hydrogen) atoms. The number of furan rings is 1. The molecular weight excluding hydrogens is 280 g/mol. The van der Waals surface area contributed by atoms with E-state index in [2.05, 4.69) is 15.3 Å². The fourth-order valence-corrected chi connectivity index (χ4v) is 2.44. The first kappa shape index (κ1) is 14.8. The minimum atomic E-state index is -3.50. The van der Waals surface area contributed by atoms with E-state index in [1.807, 2.05) is 0 Å². The number of aromatic amines is 1. The molecule has 0 atom stereocenters. The van der Waals surface area contributed by atoms with E-state index >= 15 is 0 Å². The van der Waals surface area contributed by atoms with E-state index in [-0.39, 0.29) is 5.09 Å². The maximum absolute atomic E-state index is 11.8. The van der Waals surface area contributed by atoms with E-state index in [0.29, 0.717) is 12.3 Å². The van der Waals surface area contributed by atoms with Crippen molar-refractivity contribution in [3.05, 3.63) is 36.1 Å². The van der Waals surface area contributed by atoms with Crippen LogP contribution in [0, 0.1) is 0 Å². The highest BCUT2D eigenvalue weighted by atomic mass is 32.2. The molecule has 0 unspecified atom stereocenters. The number of hydrogen-bond donors (Lipinski definition) is 2. The van der Waals surface area contributed by atoms with E-state index in [1.54, 1.807) is 18.5 Å². The zero-order valence-electron chi connectivity index (χ0n) is 11.5. The van der Waals surface area contributed by atoms with Crippen molar-refractivity contribution < 1.29 is 12.8 Å². The Kier molecular flexibility index (Phi) is 4.58. The number of aromatic nitrogens is 2. The second-order valence-corrected chi connectivity index (χ2v) is 6.55. The van der Waals surface area contributed by atoms with Crippen LogP contribution in [0.1, 0.15) is 11.6 Å². The van der Waals surface area contributed by atoms with E-state index < -0.39 is 10.0 Å². The van der Waals surface area contributed by atoms with Gasteiger partial charge in [0.15, 0.2) is 0 Å². The van der Waals surface area contributed by atoms with Crippen molar-refractivity contribution >= 4 is 10.0 Å². The molecule has 2 heterocycles. The first-order valence-electron chi connectivity index (χ1n) is 6.20. The van der Waals surface area contributed by atoms with Crippen LogP contribution in [0.15, 0.2) is 34.0 Å². The molecule has 0 saturated heterocycles. The van der Waals surface area contributed by atoms with Gasteiger partial charge in [0.1, 0.15) is 11.6 Å². The van der Waals surface area contributed by atoms with Gasteiger partial charge in [0.2, 0.25) is 5.09 Å². The molecule has 0 aliphatic heterocycles. The molecule has 2 rings (SSSR count). The topological polar surface area (TPSA) is 91.2 Å². The predicted octanol–water partition coefficient (Wildman–Crippen LogP) is 0.585. The summed E-state index contributed by atoms with van der Waals surface area (Å²) in [4.78, 5) is 7.13. The molecule has 0 fully saturated rings. The predicted molar refractivity (Wildman–Crippen MR) is 73.6 cm³/mol. The van der Waals surface area contributed by atoms with Gasteiger partial charge in [0.25, 0.3) is 10.0 Å². The number of imidazole rings is 1. The highest BCUT2D eigenvalue weighted by molar-refractivity contribution is 7.88. The number of rotatable bonds is 7. The van der Waals surface area contributed by atoms with Crippen LogP contribution in [0.25, 0.3) is 0 Å². The maximum Gasteiger partial charge on any atom is 0.275 e. The molecule has 2 aromatic rings. The van der Waals surface area contributed by atoms with Crippen LogP contribution >= 0.6 is 0 Å². The van der Waals surface area contributed by atoms with Crippen molar-refractivity contribution in [3.63, 3.8) is 0 Å². The van der Waals surface area contributed by atoms with Crippen molar-refractivity contribution in [2.75, 3.05) is 20.6 Å². The van der Waals surface area contributed by atoms with E-state index in [9.17, 15) is 8.42 Å². The minimum Gasteiger partial charge on any atom is -0.447 e. The molecular formula is C12H18N4O3S. The Morgan fingerprint density at radius 1 is 1.40 bits per heavy atom. The molecule has 0 amide bonds. The quantitative estimate of drug-likeness (QED) is 0.730. The number of nitrogens with zero attached hydrogens (tertiary/aromatic N) is 2. The standard InChI is InChI=1S/C12H18N4O3S/c1-16(2)20(17,18)12-4-3-10(19-12)9-13-6-5-11-14-7-8-15-11/h3-4,7-8,13H,5-6,9H2,1-2H3,(H,14,15). The third kappa shape index (κ3) is 3.47. The Morgan fingerprint density at radius 2 is 2.20 bits per heavy atom. The Morgan fingerprint density at radius 3 is 2.85 bits per heavy atom. The molecule has 110 valence electrons. The lowest BCUT2D eigenvalue weighted by atomic mass is 10.4. The van der Waals surface area contributed by atoms with E-state index in [0.717, 1.165) is 23.1 Å². The summed E-state index contributed by atoms with van der Waals surface area (Å²) in [5.74, 6) is 1.50. The lowest BCUT2D eigenvalue weighted by Crippen LogP contribution is -2.21. The summed E-state index contributed by atoms with van der Waals surface area (Å²) in [6, 6.07) is 3.13. The zero-order valence-corrected chi connectivity index (χ0v) is 12.3. The van der Waals surface area contributed by atoms with Gasteiger partial charge in [-0.3, -0.25) is 0 Å². The van der Waals surface area contributed by atoms with Gasteiger partial charge >= 0.3 is 0 Å². The maximum atomic E-state index is 11.8. The van der Waals surface area contributed by atoms with Crippen LogP contribution in [0.3, 0.4) is 0 Å². The van der Waals surface area contributed by atoms with E-state index in [1.165, 1.54) is 20.2 Å². The molecule has 0 aliphatic carbocycles. The SMILES string of the molecule is CN(C)S(=O)(=O)c1ccc(CNCCc2ncc[nH]2)o1. The average Bonchev–Trinajstić information content (AvgIpc) is 3.06. The monoisotopic (exact) mass is 298 g/mol. The van der Waals surface area contributed by atoms with Gasteiger partial charge in [0, 0.05) is 39.5 Å². The van der Waals surface area contributed by atoms with Crippen LogP contribution in [0.5, 0.6) is 0 Å². The minimum absolute atomic E-state index is 0.0367. The number of H-pyrrole nitrogens is 1. The summed E-state index contributed by atoms with van der Waals surface area (Å²) in [5, 5.41) is 3.14. The molecule has 0 aromatic carbocycles. The molecule has 0 aliphatic rings. The Labute approximate surface area is 118 Å². The van der Waals surface area contributed by atoms with Gasteiger partial charge in [-0.1, -0.05) is 0 Å². The Balaban J connectivity index is 1.84. The number of sulfonamides is 1. The second kappa shape index (κ2) is 6.21. The van der Waals surface area contributed by atoms with Gasteiger partial charge in [0.05, 0.1) is 6.54 Å². The molecule has 0 bridgehead atoms. The lowest BCUT2D eigenvalue weighted by molar-refractivity contribution is 0.389. The summed E-state index contributed by atoms with van der Waals surface area (Å²) >= 11 is 0. The number of hydrogen-bond acceptors (Lipinski definition) is 5. The van der Waals surface area contributed by atoms with Gasteiger partial charge in [-0.05, 0) is 12.1 Å². The molecule has 0 saturated carbocycles. The molecule has 7 nitrogen and oxygen atoms in total. The van der Waals surface area contributed by atoms with Gasteiger partial charge in [-0.25, -0.2) is 17.7 Å². The average molecular weight is 298 g/mol. The Bertz CT molecular complexity index is 631. The summed E-state index contributed by atoms with van der Waals surface area (Å²) in [7, 11) is -0.556. The van der Waals surface area contributed by atoms with Crippen LogP contribution in [0.2, 0.25) is 0 Å². The van der Waals surface area contributed by atoms with Gasteiger partial charge in [-0.15, -0.1) is 0 Å². The van der Waals surface area contributed by atoms with Crippen LogP contribution in [0.4, 0.5) is 0 Å². The van der Waals surface area contributed by atoms with Crippen LogP contribution in [-0.4, -0.2) is 43.3 Å². The first-order chi connectivity index (χ1) is 9.50. The normalized spacial score (nSPS) is 12.2. The molecule has 2 aromatic heterocycles. The van der Waals surface area contributed by atoms with Gasteiger partial charge < -0.3 is 14.7 Å². The van der Waals surface area contributed by atoms with Crippen molar-refractivity contribution in [2.24, 2.45) is 0 Å². The molecule has 0 radical (unpaired) electrons. The lowest BCUT2D eigenvalue weighted by Gasteiger charge is -2.07. The third-order valence-corrected chi connectivity index (χ3v) is 4.45. The van der Waals surface area contributed by atoms with Crippen LogP contribution in [-0.2, 0) is 23.0 Å². The molecule has 2 N–H and O–H groups in total. The highest BCUT2D eigenvalue weighted by Crippen LogP contribution is 2.16. The zero-order chi connectivity index (χ0) is 14.6. The molecule has 8 heteroatoms. The van der Waals surface area contributed by atoms with Crippen LogP contribution < -0.4 is 5.32 Å². The Hall–Kier alpha value is -1.64. The largest absolute Gasteiger partial charge is 0.447 e. The summed E-state index contributed by atoms with van der Waals surface area (Å²) in [5.41, 5.74) is 0. The van der Waals surface area contributed by atoms with Crippen molar-refractivity contribution in [3.8, 4) is 0 Å². The highest BCUT2D eigenvalue weighted by Gasteiger charge is 2.21. The fraction of sp³-hybridized carbons (Fsp3) is 0.417. The summed E-state index contributed by atoms with van der Waals surface area (Å²) in [6.45, 7) is 1.20. The second-order valence-electron chi connectivity index (χ2n) is 4.47. The first-order valence-corrected chi connectivity index (χ1v) is 7.64. The fourth-order valence-electron chi connectivity index (χ4n) is 1.62. The van der Waals surface area contributed by atoms with Crippen molar-refractivity contribution in [1.29, 1.82) is 0 Å². The third-order valence-electron chi connectivity index (χ3n) is 2.76. The summed E-state index contributed by atoms with van der Waals surface area (Å²) < 4.78 is 30.1. The van der Waals surface area contributed by atoms with Crippen molar-refractivity contribution in [2.45, 2.75) is 18.1 Å².